The van der Waals surface area contributed by atoms with Crippen molar-refractivity contribution in [2.24, 2.45) is 5.41 Å². The van der Waals surface area contributed by atoms with Crippen LogP contribution < -0.4 is 5.32 Å². The Morgan fingerprint density at radius 1 is 1.47 bits per heavy atom. The fourth-order valence-electron chi connectivity index (χ4n) is 2.55. The minimum atomic E-state index is 0.334. The van der Waals surface area contributed by atoms with Crippen LogP contribution in [0.1, 0.15) is 37.9 Å². The first-order chi connectivity index (χ1) is 8.95. The van der Waals surface area contributed by atoms with E-state index in [1.54, 1.807) is 11.3 Å². The summed E-state index contributed by atoms with van der Waals surface area (Å²) in [6, 6.07) is 0.591. The van der Waals surface area contributed by atoms with Crippen LogP contribution in [0, 0.1) is 12.3 Å². The van der Waals surface area contributed by atoms with E-state index in [0.29, 0.717) is 11.5 Å². The lowest BCUT2D eigenvalue weighted by Gasteiger charge is -2.33. The number of thiazole rings is 1. The summed E-state index contributed by atoms with van der Waals surface area (Å²) in [7, 11) is 0. The monoisotopic (exact) mass is 281 g/mol. The van der Waals surface area contributed by atoms with Crippen LogP contribution in [0.15, 0.2) is 5.38 Å². The van der Waals surface area contributed by atoms with Crippen LogP contribution in [-0.4, -0.2) is 42.1 Å². The summed E-state index contributed by atoms with van der Waals surface area (Å²) in [5.41, 5.74) is 1.49. The van der Waals surface area contributed by atoms with Crippen LogP contribution in [0.3, 0.4) is 0 Å². The molecule has 1 saturated heterocycles. The van der Waals surface area contributed by atoms with Crippen molar-refractivity contribution in [3.63, 3.8) is 0 Å². The van der Waals surface area contributed by atoms with Crippen LogP contribution in [-0.2, 0) is 6.42 Å². The van der Waals surface area contributed by atoms with Gasteiger partial charge >= 0.3 is 0 Å². The Labute approximate surface area is 121 Å². The van der Waals surface area contributed by atoms with Crippen LogP contribution in [0.2, 0.25) is 0 Å². The Bertz CT molecular complexity index is 394. The van der Waals surface area contributed by atoms with Gasteiger partial charge in [0.1, 0.15) is 0 Å². The Morgan fingerprint density at radius 3 is 2.89 bits per heavy atom. The van der Waals surface area contributed by atoms with E-state index in [0.717, 1.165) is 31.7 Å². The number of aryl methyl sites for hydroxylation is 1. The predicted octanol–water partition coefficient (Wildman–Crippen LogP) is 2.70. The first kappa shape index (κ1) is 14.9. The highest BCUT2D eigenvalue weighted by molar-refractivity contribution is 7.09. The molecule has 0 aliphatic carbocycles. The van der Waals surface area contributed by atoms with Crippen molar-refractivity contribution < 1.29 is 0 Å². The molecule has 1 atom stereocenters. The van der Waals surface area contributed by atoms with Crippen molar-refractivity contribution in [3.05, 3.63) is 16.1 Å². The van der Waals surface area contributed by atoms with Crippen molar-refractivity contribution in [2.75, 3.05) is 26.2 Å². The van der Waals surface area contributed by atoms with Gasteiger partial charge in [0.15, 0.2) is 0 Å². The maximum atomic E-state index is 4.56. The average molecular weight is 281 g/mol. The van der Waals surface area contributed by atoms with E-state index in [4.69, 9.17) is 0 Å². The summed E-state index contributed by atoms with van der Waals surface area (Å²) in [5, 5.41) is 7.13. The van der Waals surface area contributed by atoms with Gasteiger partial charge in [-0.15, -0.1) is 11.3 Å². The summed E-state index contributed by atoms with van der Waals surface area (Å²) >= 11 is 1.80. The number of aromatic nitrogens is 1. The zero-order chi connectivity index (χ0) is 13.9. The lowest BCUT2D eigenvalue weighted by Crippen LogP contribution is -2.46. The molecule has 1 aliphatic heterocycles. The molecule has 1 aliphatic rings. The highest BCUT2D eigenvalue weighted by Gasteiger charge is 2.27. The Balaban J connectivity index is 1.88. The predicted molar refractivity (Wildman–Crippen MR) is 82.9 cm³/mol. The molecule has 0 saturated carbocycles. The van der Waals surface area contributed by atoms with Crippen LogP contribution in [0.4, 0.5) is 0 Å². The Morgan fingerprint density at radius 2 is 2.26 bits per heavy atom. The van der Waals surface area contributed by atoms with E-state index < -0.39 is 0 Å². The van der Waals surface area contributed by atoms with E-state index in [-0.39, 0.29) is 0 Å². The zero-order valence-corrected chi connectivity index (χ0v) is 13.5. The highest BCUT2D eigenvalue weighted by Crippen LogP contribution is 2.22. The van der Waals surface area contributed by atoms with Gasteiger partial charge in [-0.1, -0.05) is 20.8 Å². The third-order valence-electron chi connectivity index (χ3n) is 3.84. The van der Waals surface area contributed by atoms with Gasteiger partial charge in [-0.25, -0.2) is 4.98 Å². The van der Waals surface area contributed by atoms with Gasteiger partial charge in [-0.05, 0) is 31.8 Å². The number of hydrogen-bond donors (Lipinski definition) is 1. The van der Waals surface area contributed by atoms with E-state index in [1.165, 1.54) is 18.0 Å². The fraction of sp³-hybridized carbons (Fsp3) is 0.800. The molecule has 3 nitrogen and oxygen atoms in total. The Kier molecular flexibility index (Phi) is 4.98. The number of rotatable bonds is 3. The normalized spacial score (nSPS) is 22.4. The lowest BCUT2D eigenvalue weighted by molar-refractivity contribution is 0.198. The summed E-state index contributed by atoms with van der Waals surface area (Å²) in [6.45, 7) is 13.7. The van der Waals surface area contributed by atoms with Crippen molar-refractivity contribution in [1.29, 1.82) is 0 Å². The summed E-state index contributed by atoms with van der Waals surface area (Å²) in [4.78, 5) is 7.17. The minimum Gasteiger partial charge on any atom is -0.312 e. The maximum absolute atomic E-state index is 4.56. The Hall–Kier alpha value is -0.450. The molecule has 1 unspecified atom stereocenters. The minimum absolute atomic E-state index is 0.334. The molecule has 19 heavy (non-hydrogen) atoms. The van der Waals surface area contributed by atoms with Crippen LogP contribution in [0.25, 0.3) is 0 Å². The van der Waals surface area contributed by atoms with Crippen molar-refractivity contribution in [1.82, 2.24) is 15.2 Å². The van der Waals surface area contributed by atoms with E-state index in [2.05, 4.69) is 48.3 Å². The highest BCUT2D eigenvalue weighted by atomic mass is 32.1. The smallest absolute Gasteiger partial charge is 0.0940 e. The zero-order valence-electron chi connectivity index (χ0n) is 12.7. The second kappa shape index (κ2) is 6.33. The third kappa shape index (κ3) is 4.55. The summed E-state index contributed by atoms with van der Waals surface area (Å²) < 4.78 is 0. The number of nitrogens with one attached hydrogen (secondary N) is 1. The van der Waals surface area contributed by atoms with Crippen LogP contribution >= 0.6 is 11.3 Å². The van der Waals surface area contributed by atoms with Gasteiger partial charge in [0.2, 0.25) is 0 Å². The lowest BCUT2D eigenvalue weighted by atomic mass is 9.86. The van der Waals surface area contributed by atoms with Crippen molar-refractivity contribution in [2.45, 2.75) is 46.6 Å². The van der Waals surface area contributed by atoms with Crippen molar-refractivity contribution in [3.8, 4) is 0 Å². The van der Waals surface area contributed by atoms with Crippen molar-refractivity contribution >= 4 is 11.3 Å². The second-order valence-electron chi connectivity index (χ2n) is 6.66. The quantitative estimate of drug-likeness (QED) is 0.923. The first-order valence-electron chi connectivity index (χ1n) is 7.32. The van der Waals surface area contributed by atoms with Gasteiger partial charge in [0.25, 0.3) is 0 Å². The van der Waals surface area contributed by atoms with Gasteiger partial charge in [-0.3, -0.25) is 0 Å². The standard InChI is InChI=1S/C15H27N3S/c1-12-11-19-14(17-12)6-9-18-8-5-7-16-13(10-18)15(2,3)4/h11,13,16H,5-10H2,1-4H3. The molecule has 4 heteroatoms. The topological polar surface area (TPSA) is 28.2 Å². The van der Waals surface area contributed by atoms with Crippen LogP contribution in [0.5, 0.6) is 0 Å². The molecule has 2 heterocycles. The van der Waals surface area contributed by atoms with Gasteiger partial charge in [0.05, 0.1) is 5.01 Å². The molecule has 0 amide bonds. The van der Waals surface area contributed by atoms with E-state index in [9.17, 15) is 0 Å². The molecule has 1 fully saturated rings. The molecular formula is C15H27N3S. The maximum Gasteiger partial charge on any atom is 0.0940 e. The largest absolute Gasteiger partial charge is 0.312 e. The molecule has 108 valence electrons. The fourth-order valence-corrected chi connectivity index (χ4v) is 3.31. The van der Waals surface area contributed by atoms with E-state index >= 15 is 0 Å². The molecule has 0 bridgehead atoms. The second-order valence-corrected chi connectivity index (χ2v) is 7.60. The summed E-state index contributed by atoms with van der Waals surface area (Å²) in [6.07, 6.45) is 2.35. The number of nitrogens with zero attached hydrogens (tertiary/aromatic N) is 2. The molecule has 0 spiro atoms. The van der Waals surface area contributed by atoms with Gasteiger partial charge in [0, 0.05) is 36.6 Å². The molecule has 0 radical (unpaired) electrons. The molecule has 0 aromatic carbocycles. The molecular weight excluding hydrogens is 254 g/mol. The molecule has 1 aromatic rings. The van der Waals surface area contributed by atoms with Gasteiger partial charge < -0.3 is 10.2 Å². The van der Waals surface area contributed by atoms with Gasteiger partial charge in [-0.2, -0.15) is 0 Å². The SMILES string of the molecule is Cc1csc(CCN2CCCNC(C(C)(C)C)C2)n1. The summed E-state index contributed by atoms with van der Waals surface area (Å²) in [5.74, 6) is 0. The van der Waals surface area contributed by atoms with E-state index in [1.807, 2.05) is 0 Å². The first-order valence-corrected chi connectivity index (χ1v) is 8.20. The molecule has 1 aromatic heterocycles. The number of hydrogen-bond acceptors (Lipinski definition) is 4. The molecule has 1 N–H and O–H groups in total. The third-order valence-corrected chi connectivity index (χ3v) is 4.86. The molecule has 2 rings (SSSR count). The average Bonchev–Trinajstić information content (AvgIpc) is 2.61.